The van der Waals surface area contributed by atoms with Crippen LogP contribution in [-0.2, 0) is 103 Å². The number of hydrogen-bond acceptors (Lipinski definition) is 28. The number of carboxylic acid groups (broad SMARTS) is 11. The van der Waals surface area contributed by atoms with Gasteiger partial charge < -0.3 is 97.9 Å². The Morgan fingerprint density at radius 3 is 1.01 bits per heavy atom. The van der Waals surface area contributed by atoms with E-state index < -0.39 is 125 Å². The Balaban J connectivity index is 0.000000521. The number of amides is 8. The highest BCUT2D eigenvalue weighted by Crippen LogP contribution is 2.22. The fourth-order valence-corrected chi connectivity index (χ4v) is 16.6. The molecule has 5 atom stereocenters. The summed E-state index contributed by atoms with van der Waals surface area (Å²) < 4.78 is 1.87. The summed E-state index contributed by atoms with van der Waals surface area (Å²) in [5.41, 5.74) is 3.94. The third-order valence-corrected chi connectivity index (χ3v) is 25.3. The van der Waals surface area contributed by atoms with Gasteiger partial charge in [-0.05, 0) is 166 Å². The van der Waals surface area contributed by atoms with Gasteiger partial charge in [-0.15, -0.1) is 0 Å². The molecule has 47 nitrogen and oxygen atoms in total. The molecule has 0 aliphatic carbocycles. The first-order valence-electron chi connectivity index (χ1n) is 48.0. The molecule has 4 aromatic carbocycles. The summed E-state index contributed by atoms with van der Waals surface area (Å²) in [5, 5.41) is 120. The summed E-state index contributed by atoms with van der Waals surface area (Å²) in [7, 11) is 0. The Hall–Kier alpha value is -12.6. The second kappa shape index (κ2) is 67.2. The van der Waals surface area contributed by atoms with Crippen LogP contribution in [-0.4, -0.2) is 418 Å². The van der Waals surface area contributed by atoms with E-state index >= 15 is 0 Å². The zero-order valence-corrected chi connectivity index (χ0v) is 85.7. The number of carbonyl (C=O) groups is 20. The first-order chi connectivity index (χ1) is 69.3. The second-order valence-electron chi connectivity index (χ2n) is 35.7. The van der Waals surface area contributed by atoms with Gasteiger partial charge in [0.25, 0.3) is 5.91 Å². The number of hydrogen-bond donors (Lipinski definition) is 17. The van der Waals surface area contributed by atoms with Crippen LogP contribution in [0.25, 0.3) is 0 Å². The number of urea groups is 2. The number of carboxylic acids is 11. The van der Waals surface area contributed by atoms with E-state index in [1.807, 2.05) is 53.4 Å². The lowest BCUT2D eigenvalue weighted by atomic mass is 10.0. The van der Waals surface area contributed by atoms with E-state index in [4.69, 9.17) is 10.2 Å². The lowest BCUT2D eigenvalue weighted by Crippen LogP contribution is -2.52. The smallest absolute Gasteiger partial charge is 0.326 e. The molecular formula is C97H136BrIN16O31. The number of ketones is 3. The number of aliphatic carboxylic acids is 11. The van der Waals surface area contributed by atoms with Gasteiger partial charge in [0, 0.05) is 195 Å². The van der Waals surface area contributed by atoms with Crippen molar-refractivity contribution in [3.63, 3.8) is 0 Å². The SMILES string of the molecule is CC(=O)[C@@H](CCC(=O)O)NC(=O)N[C@H](CCCCN(Cc1ccc(Br)cc1)C(=O)c1ccc(CNC(=O)CN2CCN(CC(=O)O)CCN(CC(=O)O)CCN(CC(=O)O)CC2)cc1)C(=O)O.CC(=O)[C@@H](CCC(=O)O)NC(=O)N[C@H](CCCCN(Cc1ccc(I)cc1)C(=O)CCCCCC(=O)c1ccc(CNC(=O)CCC(C(=O)O)N2CCN(CC(=O)O)CCN(CC(=O)O)CCN(CC(=O)O)CC2)cc1)C(=O)O. The molecule has 1 unspecified atom stereocenters. The topological polar surface area (TPSA) is 669 Å². The van der Waals surface area contributed by atoms with Gasteiger partial charge in [0.2, 0.25) is 17.7 Å². The number of nitrogens with one attached hydrogen (secondary N) is 6. The molecule has 0 aromatic heterocycles. The molecule has 2 fully saturated rings. The molecular weight excluding hydrogens is 2090 g/mol. The van der Waals surface area contributed by atoms with Crippen LogP contribution in [0, 0.1) is 3.57 Å². The quantitative estimate of drug-likeness (QED) is 0.0171. The first-order valence-corrected chi connectivity index (χ1v) is 49.8. The van der Waals surface area contributed by atoms with Crippen molar-refractivity contribution < 1.29 is 152 Å². The number of Topliss-reactive ketones (excluding diaryl/α,β-unsaturated/α-hetero) is 3. The largest absolute Gasteiger partial charge is 0.481 e. The van der Waals surface area contributed by atoms with Crippen molar-refractivity contribution in [2.24, 2.45) is 0 Å². The van der Waals surface area contributed by atoms with Gasteiger partial charge in [-0.1, -0.05) is 83.0 Å². The molecule has 6 rings (SSSR count). The van der Waals surface area contributed by atoms with Gasteiger partial charge in [-0.25, -0.2) is 19.2 Å². The first kappa shape index (κ1) is 124. The molecule has 17 N–H and O–H groups in total. The van der Waals surface area contributed by atoms with Crippen LogP contribution in [0.15, 0.2) is 102 Å². The normalized spacial score (nSPS) is 15.3. The minimum Gasteiger partial charge on any atom is -0.481 e. The predicted molar refractivity (Wildman–Crippen MR) is 537 cm³/mol. The van der Waals surface area contributed by atoms with Gasteiger partial charge in [-0.2, -0.15) is 0 Å². The van der Waals surface area contributed by atoms with Crippen molar-refractivity contribution in [1.82, 2.24) is 80.9 Å². The zero-order chi connectivity index (χ0) is 108. The summed E-state index contributed by atoms with van der Waals surface area (Å²) in [4.78, 5) is 260. The summed E-state index contributed by atoms with van der Waals surface area (Å²) in [5.74, 6) is -14.9. The fourth-order valence-electron chi connectivity index (χ4n) is 16.0. The highest BCUT2D eigenvalue weighted by atomic mass is 127. The van der Waals surface area contributed by atoms with Crippen LogP contribution >= 0.6 is 38.5 Å². The van der Waals surface area contributed by atoms with Gasteiger partial charge in [0.15, 0.2) is 17.3 Å². The van der Waals surface area contributed by atoms with Crippen LogP contribution in [0.1, 0.15) is 166 Å². The van der Waals surface area contributed by atoms with E-state index in [0.29, 0.717) is 80.3 Å². The molecule has 804 valence electrons. The highest BCUT2D eigenvalue weighted by molar-refractivity contribution is 14.1. The van der Waals surface area contributed by atoms with Crippen LogP contribution in [0.3, 0.4) is 0 Å². The van der Waals surface area contributed by atoms with E-state index in [2.05, 4.69) is 70.4 Å². The lowest BCUT2D eigenvalue weighted by Gasteiger charge is -2.35. The number of benzene rings is 4. The maximum absolute atomic E-state index is 13.9. The van der Waals surface area contributed by atoms with Gasteiger partial charge in [-0.3, -0.25) is 116 Å². The van der Waals surface area contributed by atoms with Crippen molar-refractivity contribution in [3.05, 3.63) is 138 Å². The summed E-state index contributed by atoms with van der Waals surface area (Å²) in [6.45, 7) is 4.82. The van der Waals surface area contributed by atoms with Crippen LogP contribution in [0.4, 0.5) is 9.59 Å². The molecule has 2 aliphatic heterocycles. The predicted octanol–water partition coefficient (Wildman–Crippen LogP) is 3.45. The van der Waals surface area contributed by atoms with Crippen LogP contribution in [0.2, 0.25) is 0 Å². The second-order valence-corrected chi connectivity index (χ2v) is 37.8. The Morgan fingerprint density at radius 1 is 0.322 bits per heavy atom. The molecule has 2 aliphatic rings. The highest BCUT2D eigenvalue weighted by Gasteiger charge is 2.33. The van der Waals surface area contributed by atoms with Gasteiger partial charge in [0.1, 0.15) is 18.1 Å². The van der Waals surface area contributed by atoms with Crippen molar-refractivity contribution in [2.75, 3.05) is 164 Å². The van der Waals surface area contributed by atoms with E-state index in [-0.39, 0.29) is 264 Å². The summed E-state index contributed by atoms with van der Waals surface area (Å²) >= 11 is 5.60. The molecule has 0 radical (unpaired) electrons. The molecule has 8 amide bonds. The summed E-state index contributed by atoms with van der Waals surface area (Å²) in [6.07, 6.45) is 2.19. The minimum absolute atomic E-state index is 0.00246. The van der Waals surface area contributed by atoms with E-state index in [1.54, 1.807) is 92.6 Å². The van der Waals surface area contributed by atoms with Crippen molar-refractivity contribution in [1.29, 1.82) is 0 Å². The molecule has 2 heterocycles. The number of nitrogens with zero attached hydrogens (tertiary/aromatic N) is 10. The van der Waals surface area contributed by atoms with Gasteiger partial charge >= 0.3 is 77.7 Å². The Labute approximate surface area is 866 Å². The Morgan fingerprint density at radius 2 is 0.651 bits per heavy atom. The van der Waals surface area contributed by atoms with Crippen molar-refractivity contribution in [2.45, 2.75) is 179 Å². The molecule has 2 saturated heterocycles. The van der Waals surface area contributed by atoms with Crippen molar-refractivity contribution in [3.8, 4) is 0 Å². The van der Waals surface area contributed by atoms with E-state index in [9.17, 15) is 142 Å². The standard InChI is InChI=1S/C53H75IN8O17.C44H61BrN8O14/c1-36(63)41(18-21-47(67)68)56-53(79)57-42(51(75)76)7-5-6-22-62(32-38-12-16-40(54)17-13-38)46(66)9-4-2-3-8-44(64)39-14-10-37(11-15-39)31-55-45(65)20-19-43(52(77)78)61-29-27-59(34-49(71)72)25-23-58(33-48(69)70)24-26-60(28-30-61)35-50(73)74;1-30(54)35(13-14-38(56)57)47-44(67)48-36(43(65)66)4-2-3-15-53(25-32-7-11-34(45)12-8-32)42(64)33-9-5-31(6-10-33)24-46-37(55)26-49-16-18-50(27-39(58)59)20-22-52(29-41(62)63)23-21-51(19-17-49)28-40(60)61/h10-17,41-43H,2-9,18-35H2,1H3,(H,55,65)(H,67,68)(H,69,70)(H,71,72)(H,73,74)(H,75,76)(H,77,78)(H2,56,57,79);5-12,35-36H,2-4,13-29H2,1H3,(H,46,55)(H,56,57)(H,58,59)(H,60,61)(H,62,63)(H,65,66)(H2,47,48,67)/t41-,42-,43?;35-,36-/m11/s1. The number of rotatable bonds is 59. The average molecular weight is 2230 g/mol. The average Bonchev–Trinajstić information content (AvgIpc) is 0.844. The molecule has 0 saturated carbocycles. The van der Waals surface area contributed by atoms with Gasteiger partial charge in [0.05, 0.1) is 57.9 Å². The third kappa shape index (κ3) is 52.4. The Kier molecular flexibility index (Phi) is 57.0. The minimum atomic E-state index is -1.32. The molecule has 0 bridgehead atoms. The summed E-state index contributed by atoms with van der Waals surface area (Å²) in [6, 6.07) is 20.6. The number of unbranched alkanes of at least 4 members (excludes halogenated alkanes) is 4. The molecule has 49 heteroatoms. The Bertz CT molecular complexity index is 4930. The lowest BCUT2D eigenvalue weighted by molar-refractivity contribution is -0.145. The number of halogens is 2. The molecule has 0 spiro atoms. The molecule has 4 aromatic rings. The van der Waals surface area contributed by atoms with Crippen LogP contribution in [0.5, 0.6) is 0 Å². The van der Waals surface area contributed by atoms with Crippen LogP contribution < -0.4 is 31.9 Å². The van der Waals surface area contributed by atoms with E-state index in [1.165, 1.54) is 13.8 Å². The zero-order valence-electron chi connectivity index (χ0n) is 82.0. The van der Waals surface area contributed by atoms with E-state index in [0.717, 1.165) is 19.2 Å². The fraction of sp³-hybridized carbons (Fsp3) is 0.546. The molecule has 146 heavy (non-hydrogen) atoms. The maximum Gasteiger partial charge on any atom is 0.326 e. The van der Waals surface area contributed by atoms with Crippen molar-refractivity contribution >= 4 is 157 Å². The monoisotopic (exact) mass is 2230 g/mol. The number of carbonyl (C=O) groups excluding carboxylic acids is 9. The maximum atomic E-state index is 13.9. The third-order valence-electron chi connectivity index (χ3n) is 24.1.